The standard InChI is InChI=1S/C18H21N3O3/c1-14-4-2-3-5-15(14)10-18(13-22)12-21(8-9-24-18)17(23)16-11-19-6-7-20-16/h2-7,11,22H,8-10,12-13H2,1H3/t18-/m1/s1. The Kier molecular flexibility index (Phi) is 4.87. The van der Waals surface area contributed by atoms with Crippen molar-refractivity contribution >= 4 is 5.91 Å². The summed E-state index contributed by atoms with van der Waals surface area (Å²) in [4.78, 5) is 22.3. The topological polar surface area (TPSA) is 75.5 Å². The molecule has 1 aliphatic heterocycles. The molecular weight excluding hydrogens is 306 g/mol. The van der Waals surface area contributed by atoms with Gasteiger partial charge >= 0.3 is 0 Å². The number of carbonyl (C=O) groups is 1. The molecule has 0 unspecified atom stereocenters. The van der Waals surface area contributed by atoms with E-state index in [-0.39, 0.29) is 12.5 Å². The first kappa shape index (κ1) is 16.5. The number of aliphatic hydroxyl groups is 1. The van der Waals surface area contributed by atoms with Crippen LogP contribution < -0.4 is 0 Å². The molecule has 1 aliphatic rings. The summed E-state index contributed by atoms with van der Waals surface area (Å²) in [6, 6.07) is 8.01. The lowest BCUT2D eigenvalue weighted by Crippen LogP contribution is -2.57. The second-order valence-electron chi connectivity index (χ2n) is 6.11. The fourth-order valence-corrected chi connectivity index (χ4v) is 3.00. The lowest BCUT2D eigenvalue weighted by Gasteiger charge is -2.42. The summed E-state index contributed by atoms with van der Waals surface area (Å²) in [6.07, 6.45) is 5.05. The number of rotatable bonds is 4. The van der Waals surface area contributed by atoms with E-state index in [4.69, 9.17) is 4.74 Å². The van der Waals surface area contributed by atoms with Crippen LogP contribution in [0, 0.1) is 6.92 Å². The number of hydrogen-bond donors (Lipinski definition) is 1. The van der Waals surface area contributed by atoms with Crippen molar-refractivity contribution in [3.8, 4) is 0 Å². The van der Waals surface area contributed by atoms with Crippen LogP contribution in [0.2, 0.25) is 0 Å². The van der Waals surface area contributed by atoms with Crippen molar-refractivity contribution in [1.82, 2.24) is 14.9 Å². The Hall–Kier alpha value is -2.31. The van der Waals surface area contributed by atoms with Gasteiger partial charge in [0.05, 0.1) is 26.0 Å². The Labute approximate surface area is 141 Å². The largest absolute Gasteiger partial charge is 0.393 e. The zero-order valence-electron chi connectivity index (χ0n) is 13.7. The Morgan fingerprint density at radius 2 is 2.21 bits per heavy atom. The van der Waals surface area contributed by atoms with Crippen LogP contribution >= 0.6 is 0 Å². The summed E-state index contributed by atoms with van der Waals surface area (Å²) in [5.41, 5.74) is 1.77. The number of amides is 1. The van der Waals surface area contributed by atoms with Crippen LogP contribution in [0.5, 0.6) is 0 Å². The minimum Gasteiger partial charge on any atom is -0.393 e. The van der Waals surface area contributed by atoms with Crippen molar-refractivity contribution < 1.29 is 14.6 Å². The van der Waals surface area contributed by atoms with E-state index in [0.717, 1.165) is 11.1 Å². The van der Waals surface area contributed by atoms with Gasteiger partial charge in [0.1, 0.15) is 11.3 Å². The normalized spacial score (nSPS) is 20.8. The van der Waals surface area contributed by atoms with E-state index in [1.165, 1.54) is 18.6 Å². The van der Waals surface area contributed by atoms with E-state index < -0.39 is 5.60 Å². The van der Waals surface area contributed by atoms with E-state index in [2.05, 4.69) is 9.97 Å². The fourth-order valence-electron chi connectivity index (χ4n) is 3.00. The van der Waals surface area contributed by atoms with Gasteiger partial charge in [-0.15, -0.1) is 0 Å². The molecular formula is C18H21N3O3. The maximum Gasteiger partial charge on any atom is 0.274 e. The van der Waals surface area contributed by atoms with Crippen molar-refractivity contribution in [3.05, 3.63) is 59.7 Å². The summed E-state index contributed by atoms with van der Waals surface area (Å²) in [6.45, 7) is 3.08. The lowest BCUT2D eigenvalue weighted by atomic mass is 9.91. The Bertz CT molecular complexity index is 708. The Morgan fingerprint density at radius 3 is 2.92 bits per heavy atom. The predicted molar refractivity (Wildman–Crippen MR) is 88.6 cm³/mol. The number of carbonyl (C=O) groups excluding carboxylic acids is 1. The highest BCUT2D eigenvalue weighted by Gasteiger charge is 2.38. The van der Waals surface area contributed by atoms with E-state index in [0.29, 0.717) is 31.8 Å². The van der Waals surface area contributed by atoms with Crippen LogP contribution in [0.3, 0.4) is 0 Å². The van der Waals surface area contributed by atoms with Gasteiger partial charge in [-0.1, -0.05) is 24.3 Å². The maximum atomic E-state index is 12.6. The third-order valence-electron chi connectivity index (χ3n) is 4.38. The van der Waals surface area contributed by atoms with Gasteiger partial charge in [-0.25, -0.2) is 4.98 Å². The SMILES string of the molecule is Cc1ccccc1C[C@]1(CO)CN(C(=O)c2cnccn2)CCO1. The molecule has 1 aromatic carbocycles. The molecule has 3 rings (SSSR count). The zero-order chi connectivity index (χ0) is 17.0. The van der Waals surface area contributed by atoms with Crippen LogP contribution in [0.25, 0.3) is 0 Å². The summed E-state index contributed by atoms with van der Waals surface area (Å²) in [5, 5.41) is 9.97. The molecule has 0 radical (unpaired) electrons. The van der Waals surface area contributed by atoms with Crippen LogP contribution in [0.15, 0.2) is 42.9 Å². The summed E-state index contributed by atoms with van der Waals surface area (Å²) in [5.74, 6) is -0.186. The van der Waals surface area contributed by atoms with Crippen LogP contribution in [-0.2, 0) is 11.2 Å². The van der Waals surface area contributed by atoms with Gasteiger partial charge in [-0.3, -0.25) is 9.78 Å². The van der Waals surface area contributed by atoms with Crippen molar-refractivity contribution in [2.75, 3.05) is 26.3 Å². The molecule has 0 bridgehead atoms. The molecule has 0 spiro atoms. The van der Waals surface area contributed by atoms with Crippen molar-refractivity contribution in [2.45, 2.75) is 18.9 Å². The summed E-state index contributed by atoms with van der Waals surface area (Å²) in [7, 11) is 0. The van der Waals surface area contributed by atoms with E-state index in [1.807, 2.05) is 31.2 Å². The van der Waals surface area contributed by atoms with Gasteiger partial charge in [0.15, 0.2) is 0 Å². The molecule has 1 aromatic heterocycles. The average Bonchev–Trinajstić information content (AvgIpc) is 2.64. The molecule has 2 aromatic rings. The van der Waals surface area contributed by atoms with Crippen molar-refractivity contribution in [2.24, 2.45) is 0 Å². The monoisotopic (exact) mass is 327 g/mol. The number of aliphatic hydroxyl groups excluding tert-OH is 1. The molecule has 1 N–H and O–H groups in total. The van der Waals surface area contributed by atoms with Gasteiger partial charge in [0.2, 0.25) is 0 Å². The first-order chi connectivity index (χ1) is 11.6. The second kappa shape index (κ2) is 7.07. The lowest BCUT2D eigenvalue weighted by molar-refractivity contribution is -0.123. The smallest absolute Gasteiger partial charge is 0.274 e. The van der Waals surface area contributed by atoms with E-state index in [9.17, 15) is 9.90 Å². The second-order valence-corrected chi connectivity index (χ2v) is 6.11. The highest BCUT2D eigenvalue weighted by Crippen LogP contribution is 2.25. The first-order valence-corrected chi connectivity index (χ1v) is 7.98. The highest BCUT2D eigenvalue weighted by atomic mass is 16.5. The summed E-state index contributed by atoms with van der Waals surface area (Å²) < 4.78 is 5.91. The quantitative estimate of drug-likeness (QED) is 0.914. The molecule has 24 heavy (non-hydrogen) atoms. The van der Waals surface area contributed by atoms with Gasteiger partial charge in [-0.05, 0) is 18.1 Å². The predicted octanol–water partition coefficient (Wildman–Crippen LogP) is 1.23. The van der Waals surface area contributed by atoms with Gasteiger partial charge in [-0.2, -0.15) is 0 Å². The fraction of sp³-hybridized carbons (Fsp3) is 0.389. The number of hydrogen-bond acceptors (Lipinski definition) is 5. The third-order valence-corrected chi connectivity index (χ3v) is 4.38. The highest BCUT2D eigenvalue weighted by molar-refractivity contribution is 5.92. The first-order valence-electron chi connectivity index (χ1n) is 7.98. The molecule has 0 aliphatic carbocycles. The Morgan fingerprint density at radius 1 is 1.38 bits per heavy atom. The maximum absolute atomic E-state index is 12.6. The minimum atomic E-state index is -0.789. The van der Waals surface area contributed by atoms with Crippen molar-refractivity contribution in [3.63, 3.8) is 0 Å². The number of benzene rings is 1. The molecule has 1 amide bonds. The molecule has 126 valence electrons. The Balaban J connectivity index is 1.79. The van der Waals surface area contributed by atoms with Crippen LogP contribution in [0.4, 0.5) is 0 Å². The number of ether oxygens (including phenoxy) is 1. The molecule has 6 nitrogen and oxygen atoms in total. The van der Waals surface area contributed by atoms with E-state index in [1.54, 1.807) is 4.90 Å². The van der Waals surface area contributed by atoms with Gasteiger partial charge in [0, 0.05) is 25.4 Å². The minimum absolute atomic E-state index is 0.147. The molecule has 0 saturated carbocycles. The average molecular weight is 327 g/mol. The van der Waals surface area contributed by atoms with Crippen LogP contribution in [0.1, 0.15) is 21.6 Å². The number of aryl methyl sites for hydroxylation is 1. The molecule has 6 heteroatoms. The molecule has 1 fully saturated rings. The van der Waals surface area contributed by atoms with Crippen LogP contribution in [-0.4, -0.2) is 57.8 Å². The third kappa shape index (κ3) is 3.44. The summed E-state index contributed by atoms with van der Waals surface area (Å²) >= 11 is 0. The van der Waals surface area contributed by atoms with Gasteiger partial charge < -0.3 is 14.7 Å². The van der Waals surface area contributed by atoms with Crippen molar-refractivity contribution in [1.29, 1.82) is 0 Å². The number of nitrogens with zero attached hydrogens (tertiary/aromatic N) is 3. The molecule has 2 heterocycles. The van der Waals surface area contributed by atoms with E-state index >= 15 is 0 Å². The molecule has 1 atom stereocenters. The number of aromatic nitrogens is 2. The number of morpholine rings is 1. The molecule has 1 saturated heterocycles. The van der Waals surface area contributed by atoms with Gasteiger partial charge in [0.25, 0.3) is 5.91 Å². The zero-order valence-corrected chi connectivity index (χ0v) is 13.7.